The Morgan fingerprint density at radius 2 is 2.43 bits per heavy atom. The van der Waals surface area contributed by atoms with E-state index in [0.717, 1.165) is 20.2 Å². The summed E-state index contributed by atoms with van der Waals surface area (Å²) in [5.74, 6) is 0.764. The van der Waals surface area contributed by atoms with Crippen molar-refractivity contribution in [3.05, 3.63) is 27.9 Å². The van der Waals surface area contributed by atoms with E-state index in [0.29, 0.717) is 6.42 Å². The molecular formula is C9H8BrNO2S. The van der Waals surface area contributed by atoms with Crippen LogP contribution in [0.4, 0.5) is 0 Å². The first kappa shape index (κ1) is 9.89. The van der Waals surface area contributed by atoms with Crippen molar-refractivity contribution in [1.29, 1.82) is 0 Å². The minimum atomic E-state index is 0.137. The van der Waals surface area contributed by atoms with Gasteiger partial charge in [0.15, 0.2) is 10.8 Å². The number of aliphatic hydroxyl groups is 1. The van der Waals surface area contributed by atoms with Gasteiger partial charge in [-0.05, 0) is 28.1 Å². The van der Waals surface area contributed by atoms with E-state index in [9.17, 15) is 0 Å². The molecule has 1 N–H and O–H groups in total. The molecule has 3 nitrogen and oxygen atoms in total. The fraction of sp³-hybridized carbons (Fsp3) is 0.222. The number of hydrogen-bond acceptors (Lipinski definition) is 4. The van der Waals surface area contributed by atoms with E-state index in [2.05, 4.69) is 20.9 Å². The van der Waals surface area contributed by atoms with Crippen LogP contribution in [0.15, 0.2) is 27.4 Å². The van der Waals surface area contributed by atoms with Crippen molar-refractivity contribution in [3.63, 3.8) is 0 Å². The van der Waals surface area contributed by atoms with Gasteiger partial charge in [-0.25, -0.2) is 4.98 Å². The molecule has 2 heterocycles. The summed E-state index contributed by atoms with van der Waals surface area (Å²) in [5.41, 5.74) is 0. The maximum absolute atomic E-state index is 8.82. The average molecular weight is 274 g/mol. The Hall–Kier alpha value is -0.650. The number of thiazole rings is 1. The topological polar surface area (TPSA) is 46.3 Å². The van der Waals surface area contributed by atoms with Gasteiger partial charge >= 0.3 is 0 Å². The molecule has 5 heteroatoms. The molecule has 0 spiro atoms. The number of aliphatic hydroxyl groups excluding tert-OH is 1. The van der Waals surface area contributed by atoms with E-state index >= 15 is 0 Å². The minimum Gasteiger partial charge on any atom is -0.462 e. The number of hydrogen-bond donors (Lipinski definition) is 1. The molecular weight excluding hydrogens is 266 g/mol. The molecule has 0 aliphatic rings. The summed E-state index contributed by atoms with van der Waals surface area (Å²) in [7, 11) is 0. The molecule has 74 valence electrons. The van der Waals surface area contributed by atoms with Gasteiger partial charge in [0.25, 0.3) is 0 Å². The van der Waals surface area contributed by atoms with Crippen LogP contribution in [0.5, 0.6) is 0 Å². The zero-order valence-electron chi connectivity index (χ0n) is 7.24. The normalized spacial score (nSPS) is 10.7. The zero-order valence-corrected chi connectivity index (χ0v) is 9.64. The Morgan fingerprint density at radius 3 is 3.07 bits per heavy atom. The van der Waals surface area contributed by atoms with E-state index in [1.165, 1.54) is 11.3 Å². The van der Waals surface area contributed by atoms with Crippen LogP contribution in [0, 0.1) is 0 Å². The van der Waals surface area contributed by atoms with Gasteiger partial charge in [-0.2, -0.15) is 0 Å². The minimum absolute atomic E-state index is 0.137. The first-order valence-corrected chi connectivity index (χ1v) is 5.72. The van der Waals surface area contributed by atoms with E-state index in [1.807, 2.05) is 12.1 Å². The lowest BCUT2D eigenvalue weighted by Gasteiger charge is -1.89. The summed E-state index contributed by atoms with van der Waals surface area (Å²) in [4.78, 5) is 5.34. The molecule has 0 aliphatic heterocycles. The first-order chi connectivity index (χ1) is 6.81. The number of rotatable bonds is 3. The van der Waals surface area contributed by atoms with Crippen molar-refractivity contribution >= 4 is 27.3 Å². The van der Waals surface area contributed by atoms with E-state index in [1.54, 1.807) is 6.26 Å². The lowest BCUT2D eigenvalue weighted by atomic mass is 10.4. The number of furan rings is 1. The highest BCUT2D eigenvalue weighted by atomic mass is 79.9. The second-order valence-electron chi connectivity index (χ2n) is 2.68. The summed E-state index contributed by atoms with van der Waals surface area (Å²) < 4.78 is 6.02. The molecule has 0 saturated carbocycles. The van der Waals surface area contributed by atoms with Crippen molar-refractivity contribution in [1.82, 2.24) is 4.98 Å². The molecule has 0 saturated heterocycles. The molecule has 2 aromatic heterocycles. The predicted octanol–water partition coefficient (Wildman–Crippen LogP) is 2.70. The lowest BCUT2D eigenvalue weighted by molar-refractivity contribution is 0.300. The van der Waals surface area contributed by atoms with Gasteiger partial charge in [0.1, 0.15) is 4.60 Å². The summed E-state index contributed by atoms with van der Waals surface area (Å²) in [6.07, 6.45) is 2.25. The Balaban J connectivity index is 2.33. The third kappa shape index (κ3) is 1.89. The van der Waals surface area contributed by atoms with E-state index in [4.69, 9.17) is 9.52 Å². The van der Waals surface area contributed by atoms with Gasteiger partial charge in [0, 0.05) is 17.9 Å². The highest BCUT2D eigenvalue weighted by Crippen LogP contribution is 2.31. The van der Waals surface area contributed by atoms with Crippen LogP contribution in [0.1, 0.15) is 4.88 Å². The smallest absolute Gasteiger partial charge is 0.162 e. The van der Waals surface area contributed by atoms with Crippen LogP contribution in [-0.2, 0) is 6.42 Å². The third-order valence-corrected chi connectivity index (χ3v) is 3.77. The van der Waals surface area contributed by atoms with Crippen LogP contribution >= 0.6 is 27.3 Å². The van der Waals surface area contributed by atoms with E-state index < -0.39 is 0 Å². The van der Waals surface area contributed by atoms with Gasteiger partial charge < -0.3 is 9.52 Å². The van der Waals surface area contributed by atoms with Crippen LogP contribution in [-0.4, -0.2) is 16.7 Å². The molecule has 0 radical (unpaired) electrons. The summed E-state index contributed by atoms with van der Waals surface area (Å²) in [5, 5.41) is 9.66. The molecule has 0 aliphatic carbocycles. The van der Waals surface area contributed by atoms with Crippen molar-refractivity contribution in [2.45, 2.75) is 6.42 Å². The maximum atomic E-state index is 8.82. The molecule has 0 unspecified atom stereocenters. The molecule has 2 aromatic rings. The van der Waals surface area contributed by atoms with Crippen LogP contribution in [0.3, 0.4) is 0 Å². The van der Waals surface area contributed by atoms with Crippen LogP contribution in [0.2, 0.25) is 0 Å². The molecule has 2 rings (SSSR count). The first-order valence-electron chi connectivity index (χ1n) is 4.11. The molecule has 14 heavy (non-hydrogen) atoms. The highest BCUT2D eigenvalue weighted by Gasteiger charge is 2.11. The Kier molecular flexibility index (Phi) is 3.00. The largest absolute Gasteiger partial charge is 0.462 e. The summed E-state index contributed by atoms with van der Waals surface area (Å²) >= 11 is 4.88. The second-order valence-corrected chi connectivity index (χ2v) is 4.52. The lowest BCUT2D eigenvalue weighted by Crippen LogP contribution is -1.86. The average Bonchev–Trinajstić information content (AvgIpc) is 2.76. The predicted molar refractivity (Wildman–Crippen MR) is 58.3 cm³/mol. The zero-order chi connectivity index (χ0) is 9.97. The Bertz CT molecular complexity index is 410. The fourth-order valence-corrected chi connectivity index (χ4v) is 2.74. The van der Waals surface area contributed by atoms with Crippen molar-refractivity contribution in [2.75, 3.05) is 6.61 Å². The number of halogens is 1. The second kappa shape index (κ2) is 4.25. The fourth-order valence-electron chi connectivity index (χ4n) is 1.09. The molecule has 0 amide bonds. The number of aromatic nitrogens is 1. The standard InChI is InChI=1S/C9H8BrNO2S/c10-8-7(3-4-12)14-9(11-8)6-2-1-5-13-6/h1-2,5,12H,3-4H2. The Morgan fingerprint density at radius 1 is 1.57 bits per heavy atom. The monoisotopic (exact) mass is 273 g/mol. The van der Waals surface area contributed by atoms with Crippen molar-refractivity contribution in [2.24, 2.45) is 0 Å². The van der Waals surface area contributed by atoms with Crippen LogP contribution < -0.4 is 0 Å². The van der Waals surface area contributed by atoms with Gasteiger partial charge in [-0.1, -0.05) is 0 Å². The molecule has 0 aromatic carbocycles. The van der Waals surface area contributed by atoms with Gasteiger partial charge in [-0.15, -0.1) is 11.3 Å². The number of nitrogens with zero attached hydrogens (tertiary/aromatic N) is 1. The van der Waals surface area contributed by atoms with Gasteiger partial charge in [-0.3, -0.25) is 0 Å². The van der Waals surface area contributed by atoms with E-state index in [-0.39, 0.29) is 6.61 Å². The van der Waals surface area contributed by atoms with Crippen molar-refractivity contribution in [3.8, 4) is 10.8 Å². The SMILES string of the molecule is OCCc1sc(-c2ccco2)nc1Br. The maximum Gasteiger partial charge on any atom is 0.162 e. The van der Waals surface area contributed by atoms with Crippen LogP contribution in [0.25, 0.3) is 10.8 Å². The third-order valence-electron chi connectivity index (χ3n) is 1.72. The molecule has 0 atom stereocenters. The summed E-state index contributed by atoms with van der Waals surface area (Å²) in [6, 6.07) is 3.70. The molecule has 0 bridgehead atoms. The molecule has 0 fully saturated rings. The van der Waals surface area contributed by atoms with Gasteiger partial charge in [0.2, 0.25) is 0 Å². The highest BCUT2D eigenvalue weighted by molar-refractivity contribution is 9.10. The van der Waals surface area contributed by atoms with Gasteiger partial charge in [0.05, 0.1) is 6.26 Å². The quantitative estimate of drug-likeness (QED) is 0.936. The van der Waals surface area contributed by atoms with Crippen molar-refractivity contribution < 1.29 is 9.52 Å². The summed E-state index contributed by atoms with van der Waals surface area (Å²) in [6.45, 7) is 0.137. The Labute approximate surface area is 93.5 Å².